The van der Waals surface area contributed by atoms with Crippen LogP contribution in [-0.2, 0) is 9.84 Å². The lowest BCUT2D eigenvalue weighted by Gasteiger charge is -2.03. The number of nitriles is 1. The van der Waals surface area contributed by atoms with Gasteiger partial charge >= 0.3 is 0 Å². The van der Waals surface area contributed by atoms with E-state index < -0.39 is 9.84 Å². The minimum atomic E-state index is -3.49. The zero-order valence-electron chi connectivity index (χ0n) is 8.97. The van der Waals surface area contributed by atoms with Gasteiger partial charge in [0.1, 0.15) is 16.7 Å². The van der Waals surface area contributed by atoms with Gasteiger partial charge in [0, 0.05) is 11.8 Å². The van der Waals surface area contributed by atoms with Gasteiger partial charge in [-0.25, -0.2) is 8.42 Å². The van der Waals surface area contributed by atoms with Crippen molar-refractivity contribution in [3.8, 4) is 11.8 Å². The molecule has 0 aliphatic heterocycles. The van der Waals surface area contributed by atoms with Crippen LogP contribution in [0.1, 0.15) is 5.56 Å². The van der Waals surface area contributed by atoms with Gasteiger partial charge in [-0.15, -0.1) is 0 Å². The van der Waals surface area contributed by atoms with Crippen LogP contribution in [0.15, 0.2) is 29.2 Å². The van der Waals surface area contributed by atoms with Gasteiger partial charge in [-0.1, -0.05) is 18.2 Å². The highest BCUT2D eigenvalue weighted by molar-refractivity contribution is 7.95. The molecule has 1 aromatic rings. The van der Waals surface area contributed by atoms with E-state index in [0.29, 0.717) is 11.3 Å². The van der Waals surface area contributed by atoms with Crippen LogP contribution in [0, 0.1) is 11.3 Å². The molecule has 0 aliphatic carbocycles. The molecule has 0 atom stereocenters. The monoisotopic (exact) mass is 237 g/mol. The molecular weight excluding hydrogens is 226 g/mol. The summed E-state index contributed by atoms with van der Waals surface area (Å²) in [5.74, 6) is 0.527. The Morgan fingerprint density at radius 2 is 2.06 bits per heavy atom. The molecule has 84 valence electrons. The van der Waals surface area contributed by atoms with Crippen LogP contribution in [0.25, 0.3) is 6.08 Å². The number of benzene rings is 1. The third kappa shape index (κ3) is 2.84. The first kappa shape index (κ1) is 12.3. The van der Waals surface area contributed by atoms with Crippen LogP contribution >= 0.6 is 0 Å². The van der Waals surface area contributed by atoms with Crippen molar-refractivity contribution >= 4 is 15.9 Å². The van der Waals surface area contributed by atoms with Crippen LogP contribution in [0.5, 0.6) is 5.75 Å². The molecule has 0 heterocycles. The Hall–Kier alpha value is -1.80. The summed E-state index contributed by atoms with van der Waals surface area (Å²) in [6, 6.07) is 8.55. The Labute approximate surface area is 94.7 Å². The van der Waals surface area contributed by atoms with Crippen molar-refractivity contribution in [3.05, 3.63) is 34.7 Å². The first-order chi connectivity index (χ1) is 7.49. The summed E-state index contributed by atoms with van der Waals surface area (Å²) < 4.78 is 27.5. The van der Waals surface area contributed by atoms with E-state index in [1.54, 1.807) is 30.3 Å². The number of hydrogen-bond donors (Lipinski definition) is 0. The van der Waals surface area contributed by atoms with Gasteiger partial charge < -0.3 is 4.74 Å². The highest BCUT2D eigenvalue weighted by Crippen LogP contribution is 2.21. The maximum atomic E-state index is 11.2. The number of ether oxygens (including phenoxy) is 1. The summed E-state index contributed by atoms with van der Waals surface area (Å²) in [7, 11) is -2.01. The maximum absolute atomic E-state index is 11.2. The predicted molar refractivity (Wildman–Crippen MR) is 61.4 cm³/mol. The first-order valence-corrected chi connectivity index (χ1v) is 6.33. The van der Waals surface area contributed by atoms with Crippen LogP contribution in [0.4, 0.5) is 0 Å². The fourth-order valence-corrected chi connectivity index (χ4v) is 1.66. The first-order valence-electron chi connectivity index (χ1n) is 4.44. The number of allylic oxidation sites excluding steroid dienone is 1. The minimum Gasteiger partial charge on any atom is -0.496 e. The molecule has 0 N–H and O–H groups in total. The lowest BCUT2D eigenvalue weighted by Crippen LogP contribution is -1.98. The second-order valence-electron chi connectivity index (χ2n) is 3.13. The SMILES string of the molecule is COc1ccccc1/C=C(\C#N)S(C)(=O)=O. The number of hydrogen-bond acceptors (Lipinski definition) is 4. The average molecular weight is 237 g/mol. The van der Waals surface area contributed by atoms with E-state index in [1.807, 2.05) is 0 Å². The van der Waals surface area contributed by atoms with Gasteiger partial charge in [0.25, 0.3) is 0 Å². The second kappa shape index (κ2) is 4.81. The quantitative estimate of drug-likeness (QED) is 0.749. The van der Waals surface area contributed by atoms with Gasteiger partial charge in [0.2, 0.25) is 0 Å². The molecule has 0 radical (unpaired) electrons. The van der Waals surface area contributed by atoms with Crippen molar-refractivity contribution in [2.75, 3.05) is 13.4 Å². The summed E-state index contributed by atoms with van der Waals surface area (Å²) >= 11 is 0. The molecule has 1 aromatic carbocycles. The van der Waals surface area contributed by atoms with Crippen LogP contribution in [-0.4, -0.2) is 21.8 Å². The number of sulfone groups is 1. The summed E-state index contributed by atoms with van der Waals surface area (Å²) in [5, 5.41) is 8.75. The number of para-hydroxylation sites is 1. The molecule has 5 heteroatoms. The average Bonchev–Trinajstić information content (AvgIpc) is 2.24. The summed E-state index contributed by atoms with van der Waals surface area (Å²) in [6.45, 7) is 0. The molecule has 1 rings (SSSR count). The van der Waals surface area contributed by atoms with E-state index >= 15 is 0 Å². The van der Waals surface area contributed by atoms with E-state index in [4.69, 9.17) is 10.00 Å². The summed E-state index contributed by atoms with van der Waals surface area (Å²) in [4.78, 5) is -0.281. The second-order valence-corrected chi connectivity index (χ2v) is 5.12. The fourth-order valence-electron chi connectivity index (χ4n) is 1.15. The molecule has 0 saturated heterocycles. The number of nitrogens with zero attached hydrogens (tertiary/aromatic N) is 1. The van der Waals surface area contributed by atoms with E-state index in [1.165, 1.54) is 13.2 Å². The minimum absolute atomic E-state index is 0.281. The van der Waals surface area contributed by atoms with E-state index in [0.717, 1.165) is 6.26 Å². The Bertz CT molecular complexity index is 553. The van der Waals surface area contributed by atoms with Crippen molar-refractivity contribution in [2.45, 2.75) is 0 Å². The molecule has 0 amide bonds. The van der Waals surface area contributed by atoms with E-state index in [2.05, 4.69) is 0 Å². The van der Waals surface area contributed by atoms with Crippen LogP contribution < -0.4 is 4.74 Å². The van der Waals surface area contributed by atoms with Gasteiger partial charge in [0.15, 0.2) is 9.84 Å². The highest BCUT2D eigenvalue weighted by Gasteiger charge is 2.11. The Morgan fingerprint density at radius 1 is 1.44 bits per heavy atom. The molecule has 0 fully saturated rings. The van der Waals surface area contributed by atoms with Gasteiger partial charge in [-0.3, -0.25) is 0 Å². The third-order valence-corrected chi connectivity index (χ3v) is 2.94. The molecular formula is C11H11NO3S. The van der Waals surface area contributed by atoms with Gasteiger partial charge in [-0.05, 0) is 12.1 Å². The van der Waals surface area contributed by atoms with E-state index in [9.17, 15) is 8.42 Å². The fraction of sp³-hybridized carbons (Fsp3) is 0.182. The van der Waals surface area contributed by atoms with Crippen molar-refractivity contribution in [2.24, 2.45) is 0 Å². The third-order valence-electron chi connectivity index (χ3n) is 1.94. The van der Waals surface area contributed by atoms with Crippen molar-refractivity contribution < 1.29 is 13.2 Å². The van der Waals surface area contributed by atoms with Crippen molar-refractivity contribution in [3.63, 3.8) is 0 Å². The zero-order chi connectivity index (χ0) is 12.2. The predicted octanol–water partition coefficient (Wildman–Crippen LogP) is 1.60. The molecule has 0 aliphatic rings. The van der Waals surface area contributed by atoms with Crippen molar-refractivity contribution in [1.82, 2.24) is 0 Å². The van der Waals surface area contributed by atoms with Gasteiger partial charge in [-0.2, -0.15) is 5.26 Å². The topological polar surface area (TPSA) is 67.2 Å². The number of rotatable bonds is 3. The lowest BCUT2D eigenvalue weighted by molar-refractivity contribution is 0.414. The Morgan fingerprint density at radius 3 is 2.56 bits per heavy atom. The smallest absolute Gasteiger partial charge is 0.185 e. The molecule has 4 nitrogen and oxygen atoms in total. The molecule has 16 heavy (non-hydrogen) atoms. The molecule has 0 spiro atoms. The molecule has 0 saturated carbocycles. The normalized spacial score (nSPS) is 11.9. The molecule has 0 aromatic heterocycles. The standard InChI is InChI=1S/C11H11NO3S/c1-15-11-6-4-3-5-9(11)7-10(8-12)16(2,13)14/h3-7H,1-2H3/b10-7+. The molecule has 0 unspecified atom stereocenters. The Kier molecular flexibility index (Phi) is 3.69. The Balaban J connectivity index is 3.31. The van der Waals surface area contributed by atoms with Crippen LogP contribution in [0.2, 0.25) is 0 Å². The largest absolute Gasteiger partial charge is 0.496 e. The van der Waals surface area contributed by atoms with Gasteiger partial charge in [0.05, 0.1) is 7.11 Å². The molecule has 0 bridgehead atoms. The van der Waals surface area contributed by atoms with Crippen molar-refractivity contribution in [1.29, 1.82) is 5.26 Å². The maximum Gasteiger partial charge on any atom is 0.185 e. The summed E-state index contributed by atoms with van der Waals surface area (Å²) in [5.41, 5.74) is 0.562. The van der Waals surface area contributed by atoms with Crippen LogP contribution in [0.3, 0.4) is 0 Å². The lowest BCUT2D eigenvalue weighted by atomic mass is 10.2. The zero-order valence-corrected chi connectivity index (χ0v) is 9.78. The number of methoxy groups -OCH3 is 1. The highest BCUT2D eigenvalue weighted by atomic mass is 32.2. The van der Waals surface area contributed by atoms with E-state index in [-0.39, 0.29) is 4.91 Å². The summed E-state index contributed by atoms with van der Waals surface area (Å²) in [6.07, 6.45) is 2.30.